The van der Waals surface area contributed by atoms with Crippen LogP contribution in [0.3, 0.4) is 0 Å². The van der Waals surface area contributed by atoms with Crippen LogP contribution in [0.1, 0.15) is 37.9 Å². The molecule has 0 aromatic heterocycles. The average molecular weight is 670 g/mol. The molecule has 0 saturated heterocycles. The monoisotopic (exact) mass is 668 g/mol. The predicted octanol–water partition coefficient (Wildman–Crippen LogP) is 4.13. The van der Waals surface area contributed by atoms with Gasteiger partial charge in [-0.1, -0.05) is 6.07 Å². The smallest absolute Gasteiger partial charge is 0.337 e. The van der Waals surface area contributed by atoms with Gasteiger partial charge in [-0.25, -0.2) is 9.59 Å². The number of hydrazone groups is 1. The van der Waals surface area contributed by atoms with E-state index in [0.717, 1.165) is 14.5 Å². The number of rotatable bonds is 12. The molecule has 0 spiro atoms. The number of methoxy groups -OCH3 is 1. The molecule has 2 aromatic carbocycles. The number of amides is 2. The summed E-state index contributed by atoms with van der Waals surface area (Å²) < 4.78 is 23.5. The molecule has 0 saturated carbocycles. The molecule has 11 nitrogen and oxygen atoms in total. The van der Waals surface area contributed by atoms with E-state index in [1.807, 2.05) is 26.0 Å². The molecule has 2 aromatic rings. The van der Waals surface area contributed by atoms with Crippen LogP contribution in [0.5, 0.6) is 17.2 Å². The second-order valence-electron chi connectivity index (χ2n) is 8.16. The molecule has 1 aliphatic rings. The topological polar surface area (TPSA) is 140 Å². The van der Waals surface area contributed by atoms with Crippen molar-refractivity contribution < 1.29 is 33.6 Å². The van der Waals surface area contributed by atoms with E-state index in [1.54, 1.807) is 31.3 Å². The van der Waals surface area contributed by atoms with Crippen LogP contribution >= 0.6 is 31.9 Å². The van der Waals surface area contributed by atoms with Crippen molar-refractivity contribution in [1.29, 1.82) is 0 Å². The van der Waals surface area contributed by atoms with Crippen molar-refractivity contribution in [2.45, 2.75) is 33.0 Å². The van der Waals surface area contributed by atoms with Gasteiger partial charge in [-0.2, -0.15) is 5.10 Å². The standard InChI is InChI=1S/C26H30Br2N4O7/c1-5-37-20-11-16(23-22(25(34)36-4)14(3)30-26(35)31-23)7-8-19(20)39-13-21(33)32-29-12-15-9-17(27)24(38-6-2)18(28)10-15/h7-12,21,23,32-33H,5-6,13H2,1-4H3,(H2,30,31,35)/b29-12-/t21-,23-/m1/s1. The highest BCUT2D eigenvalue weighted by atomic mass is 79.9. The molecular weight excluding hydrogens is 640 g/mol. The van der Waals surface area contributed by atoms with E-state index in [0.29, 0.717) is 41.7 Å². The lowest BCUT2D eigenvalue weighted by molar-refractivity contribution is -0.136. The second-order valence-corrected chi connectivity index (χ2v) is 9.87. The summed E-state index contributed by atoms with van der Waals surface area (Å²) in [4.78, 5) is 24.5. The summed E-state index contributed by atoms with van der Waals surface area (Å²) in [5.41, 5.74) is 4.65. The summed E-state index contributed by atoms with van der Waals surface area (Å²) in [5.74, 6) is 0.875. The number of ether oxygens (including phenoxy) is 4. The van der Waals surface area contributed by atoms with Gasteiger partial charge in [0.1, 0.15) is 12.4 Å². The van der Waals surface area contributed by atoms with Crippen LogP contribution in [-0.2, 0) is 9.53 Å². The molecule has 1 heterocycles. The van der Waals surface area contributed by atoms with Crippen LogP contribution in [0.4, 0.5) is 4.79 Å². The van der Waals surface area contributed by atoms with Crippen molar-refractivity contribution >= 4 is 50.1 Å². The van der Waals surface area contributed by atoms with E-state index in [-0.39, 0.29) is 12.2 Å². The van der Waals surface area contributed by atoms with Crippen LogP contribution in [0.15, 0.2) is 55.6 Å². The number of esters is 1. The Labute approximate surface area is 243 Å². The van der Waals surface area contributed by atoms with Gasteiger partial charge in [0.15, 0.2) is 17.7 Å². The molecule has 210 valence electrons. The van der Waals surface area contributed by atoms with Crippen molar-refractivity contribution in [3.8, 4) is 17.2 Å². The van der Waals surface area contributed by atoms with Crippen molar-refractivity contribution in [3.05, 3.63) is 61.7 Å². The van der Waals surface area contributed by atoms with E-state index >= 15 is 0 Å². The first-order chi connectivity index (χ1) is 18.7. The highest BCUT2D eigenvalue weighted by Crippen LogP contribution is 2.35. The van der Waals surface area contributed by atoms with Crippen molar-refractivity contribution in [3.63, 3.8) is 0 Å². The number of benzene rings is 2. The fourth-order valence-corrected chi connectivity index (χ4v) is 5.21. The Morgan fingerprint density at radius 1 is 1.13 bits per heavy atom. The summed E-state index contributed by atoms with van der Waals surface area (Å²) in [6.45, 7) is 6.09. The Morgan fingerprint density at radius 2 is 1.82 bits per heavy atom. The van der Waals surface area contributed by atoms with E-state index in [9.17, 15) is 14.7 Å². The summed E-state index contributed by atoms with van der Waals surface area (Å²) in [5, 5.41) is 19.7. The number of carbonyl (C=O) groups is 2. The Kier molecular flexibility index (Phi) is 11.0. The minimum absolute atomic E-state index is 0.135. The molecule has 2 atom stereocenters. The van der Waals surface area contributed by atoms with Crippen molar-refractivity contribution in [2.24, 2.45) is 5.10 Å². The van der Waals surface area contributed by atoms with Gasteiger partial charge in [-0.05, 0) is 88.0 Å². The molecule has 39 heavy (non-hydrogen) atoms. The summed E-state index contributed by atoms with van der Waals surface area (Å²) >= 11 is 6.95. The van der Waals surface area contributed by atoms with Gasteiger partial charge in [0.05, 0.1) is 47.1 Å². The van der Waals surface area contributed by atoms with Crippen molar-refractivity contribution in [2.75, 3.05) is 26.9 Å². The van der Waals surface area contributed by atoms with Crippen molar-refractivity contribution in [1.82, 2.24) is 16.1 Å². The summed E-state index contributed by atoms with van der Waals surface area (Å²) in [7, 11) is 1.28. The lowest BCUT2D eigenvalue weighted by Gasteiger charge is -2.28. The quantitative estimate of drug-likeness (QED) is 0.115. The van der Waals surface area contributed by atoms with Crippen LogP contribution in [-0.4, -0.2) is 56.5 Å². The minimum Gasteiger partial charge on any atom is -0.492 e. The summed E-state index contributed by atoms with van der Waals surface area (Å²) in [6, 6.07) is 7.50. The molecule has 2 amide bonds. The van der Waals surface area contributed by atoms with Crippen LogP contribution in [0, 0.1) is 0 Å². The largest absolute Gasteiger partial charge is 0.492 e. The third-order valence-corrected chi connectivity index (χ3v) is 6.60. The molecule has 0 unspecified atom stereocenters. The molecule has 0 bridgehead atoms. The Morgan fingerprint density at radius 3 is 2.46 bits per heavy atom. The number of aliphatic hydroxyl groups is 1. The normalized spacial score (nSPS) is 15.9. The van der Waals surface area contributed by atoms with Gasteiger partial charge < -0.3 is 34.7 Å². The number of halogens is 2. The Balaban J connectivity index is 1.69. The van der Waals surface area contributed by atoms with E-state index < -0.39 is 24.3 Å². The zero-order chi connectivity index (χ0) is 28.5. The van der Waals surface area contributed by atoms with Crippen LogP contribution in [0.2, 0.25) is 0 Å². The number of aliphatic hydroxyl groups excluding tert-OH is 1. The lowest BCUT2D eigenvalue weighted by Crippen LogP contribution is -2.45. The second kappa shape index (κ2) is 14.2. The average Bonchev–Trinajstić information content (AvgIpc) is 2.89. The number of allylic oxidation sites excluding steroid dienone is 1. The zero-order valence-electron chi connectivity index (χ0n) is 21.8. The molecular formula is C26H30Br2N4O7. The maximum Gasteiger partial charge on any atom is 0.337 e. The first kappa shape index (κ1) is 30.3. The fraction of sp³-hybridized carbons (Fsp3) is 0.346. The molecule has 13 heteroatoms. The first-order valence-electron chi connectivity index (χ1n) is 12.0. The predicted molar refractivity (Wildman–Crippen MR) is 152 cm³/mol. The van der Waals surface area contributed by atoms with Gasteiger partial charge in [-0.3, -0.25) is 5.43 Å². The van der Waals surface area contributed by atoms with Crippen LogP contribution < -0.4 is 30.3 Å². The highest BCUT2D eigenvalue weighted by Gasteiger charge is 2.32. The number of hydrogen-bond donors (Lipinski definition) is 4. The van der Waals surface area contributed by atoms with E-state index in [1.165, 1.54) is 7.11 Å². The molecule has 0 aliphatic carbocycles. The number of urea groups is 1. The molecule has 1 aliphatic heterocycles. The molecule has 0 radical (unpaired) electrons. The van der Waals surface area contributed by atoms with Gasteiger partial charge in [-0.15, -0.1) is 0 Å². The Hall–Kier alpha value is -3.29. The van der Waals surface area contributed by atoms with E-state index in [2.05, 4.69) is 53.0 Å². The van der Waals surface area contributed by atoms with E-state index in [4.69, 9.17) is 18.9 Å². The van der Waals surface area contributed by atoms with Gasteiger partial charge >= 0.3 is 12.0 Å². The van der Waals surface area contributed by atoms with Crippen LogP contribution in [0.25, 0.3) is 0 Å². The third kappa shape index (κ3) is 7.87. The number of carbonyl (C=O) groups excluding carboxylic acids is 2. The van der Waals surface area contributed by atoms with Gasteiger partial charge in [0, 0.05) is 5.70 Å². The first-order valence-corrected chi connectivity index (χ1v) is 13.6. The molecule has 4 N–H and O–H groups in total. The highest BCUT2D eigenvalue weighted by molar-refractivity contribution is 9.11. The third-order valence-electron chi connectivity index (χ3n) is 5.42. The minimum atomic E-state index is -1.12. The fourth-order valence-electron chi connectivity index (χ4n) is 3.76. The van der Waals surface area contributed by atoms with Gasteiger partial charge in [0.2, 0.25) is 0 Å². The van der Waals surface area contributed by atoms with Gasteiger partial charge in [0.25, 0.3) is 0 Å². The summed E-state index contributed by atoms with van der Waals surface area (Å²) in [6.07, 6.45) is 0.432. The zero-order valence-corrected chi connectivity index (χ0v) is 25.0. The number of hydrogen-bond acceptors (Lipinski definition) is 9. The Bertz CT molecular complexity index is 1250. The number of nitrogens with one attached hydrogen (secondary N) is 3. The maximum atomic E-state index is 12.4. The molecule has 3 rings (SSSR count). The number of nitrogens with zero attached hydrogens (tertiary/aromatic N) is 1. The SMILES string of the molecule is CCOc1cc([C@H]2NC(=O)NC(C)=C2C(=O)OC)ccc1OC[C@@H](O)N/N=C\c1cc(Br)c(OCC)c(Br)c1. The molecule has 0 fully saturated rings. The lowest BCUT2D eigenvalue weighted by atomic mass is 9.95. The maximum absolute atomic E-state index is 12.4.